The molecule has 10 heteroatoms. The lowest BCUT2D eigenvalue weighted by Crippen LogP contribution is -2.20. The summed E-state index contributed by atoms with van der Waals surface area (Å²) in [6.45, 7) is 1.92. The van der Waals surface area contributed by atoms with Gasteiger partial charge in [0.25, 0.3) is 5.91 Å². The Hall–Kier alpha value is -4.57. The molecular weight excluding hydrogens is 514 g/mol. The molecule has 1 N–H and O–H groups in total. The lowest BCUT2D eigenvalue weighted by molar-refractivity contribution is -0.118. The Balaban J connectivity index is 1.54. The van der Waals surface area contributed by atoms with Crippen LogP contribution >= 0.6 is 11.8 Å². The number of hydrogen-bond donors (Lipinski definition) is 1. The number of nitrogens with zero attached hydrogens (tertiary/aromatic N) is 4. The molecule has 4 rings (SSSR count). The van der Waals surface area contributed by atoms with E-state index in [9.17, 15) is 4.79 Å². The fourth-order valence-corrected chi connectivity index (χ4v) is 4.53. The van der Waals surface area contributed by atoms with Gasteiger partial charge < -0.3 is 14.2 Å². The van der Waals surface area contributed by atoms with E-state index in [-0.39, 0.29) is 11.7 Å². The number of ether oxygens (including phenoxy) is 3. The van der Waals surface area contributed by atoms with E-state index >= 15 is 0 Å². The molecule has 4 aromatic rings. The molecule has 0 aliphatic heterocycles. The van der Waals surface area contributed by atoms with Crippen LogP contribution in [0.25, 0.3) is 23.2 Å². The molecule has 0 atom stereocenters. The number of aromatic nitrogens is 3. The zero-order chi connectivity index (χ0) is 27.6. The van der Waals surface area contributed by atoms with E-state index in [2.05, 4.69) is 20.7 Å². The van der Waals surface area contributed by atoms with Gasteiger partial charge in [-0.1, -0.05) is 66.4 Å². The summed E-state index contributed by atoms with van der Waals surface area (Å²) in [5.41, 5.74) is 6.10. The Morgan fingerprint density at radius 2 is 1.59 bits per heavy atom. The summed E-state index contributed by atoms with van der Waals surface area (Å²) >= 11 is 1.26. The van der Waals surface area contributed by atoms with Crippen LogP contribution in [-0.4, -0.2) is 54.0 Å². The van der Waals surface area contributed by atoms with Gasteiger partial charge in [-0.15, -0.1) is 10.2 Å². The van der Waals surface area contributed by atoms with Crippen molar-refractivity contribution in [3.8, 4) is 34.3 Å². The Morgan fingerprint density at radius 3 is 2.21 bits per heavy atom. The number of para-hydroxylation sites is 1. The molecule has 1 heterocycles. The van der Waals surface area contributed by atoms with Crippen LogP contribution in [0, 0.1) is 0 Å². The van der Waals surface area contributed by atoms with Crippen LogP contribution in [-0.2, 0) is 4.79 Å². The van der Waals surface area contributed by atoms with Crippen molar-refractivity contribution in [3.63, 3.8) is 0 Å². The van der Waals surface area contributed by atoms with E-state index in [1.807, 2.05) is 90.4 Å². The molecule has 0 radical (unpaired) electrons. The quantitative estimate of drug-likeness (QED) is 0.157. The van der Waals surface area contributed by atoms with Crippen molar-refractivity contribution in [1.29, 1.82) is 0 Å². The van der Waals surface area contributed by atoms with Crippen molar-refractivity contribution in [2.24, 2.45) is 5.10 Å². The second-order valence-corrected chi connectivity index (χ2v) is 9.21. The molecule has 1 amide bonds. The number of nitrogens with one attached hydrogen (secondary N) is 1. The van der Waals surface area contributed by atoms with Crippen molar-refractivity contribution >= 4 is 30.0 Å². The Labute approximate surface area is 231 Å². The normalized spacial score (nSPS) is 11.4. The summed E-state index contributed by atoms with van der Waals surface area (Å²) in [5.74, 6) is 1.87. The van der Waals surface area contributed by atoms with Gasteiger partial charge in [0.15, 0.2) is 22.5 Å². The third-order valence-electron chi connectivity index (χ3n) is 5.55. The summed E-state index contributed by atoms with van der Waals surface area (Å²) in [6, 6.07) is 23.2. The molecule has 0 aliphatic carbocycles. The summed E-state index contributed by atoms with van der Waals surface area (Å²) in [5, 5.41) is 13.5. The van der Waals surface area contributed by atoms with Crippen molar-refractivity contribution in [2.75, 3.05) is 27.1 Å². The maximum Gasteiger partial charge on any atom is 0.250 e. The van der Waals surface area contributed by atoms with Crippen molar-refractivity contribution in [2.45, 2.75) is 12.1 Å². The van der Waals surface area contributed by atoms with Gasteiger partial charge in [0.05, 0.1) is 33.3 Å². The molecule has 3 aromatic carbocycles. The number of rotatable bonds is 11. The van der Waals surface area contributed by atoms with Gasteiger partial charge in [0.2, 0.25) is 5.75 Å². The lowest BCUT2D eigenvalue weighted by Gasteiger charge is -2.15. The summed E-state index contributed by atoms with van der Waals surface area (Å²) in [7, 11) is 4.67. The predicted molar refractivity (Wildman–Crippen MR) is 154 cm³/mol. The number of thioether (sulfide) groups is 1. The first-order chi connectivity index (χ1) is 19.0. The lowest BCUT2D eigenvalue weighted by atomic mass is 10.1. The first kappa shape index (κ1) is 27.5. The van der Waals surface area contributed by atoms with Crippen molar-refractivity contribution in [3.05, 3.63) is 83.9 Å². The monoisotopic (exact) mass is 543 g/mol. The van der Waals surface area contributed by atoms with Crippen LogP contribution in [0.15, 0.2) is 88.6 Å². The third-order valence-corrected chi connectivity index (χ3v) is 6.48. The molecule has 200 valence electrons. The first-order valence-corrected chi connectivity index (χ1v) is 13.0. The standard InChI is InChI=1S/C29H29N5O4S/c1-20(15-21-11-7-5-8-12-21)18-30-31-26(35)19-39-29-33-32-28(34(29)23-13-9-6-10-14-23)22-16-24(36-2)27(38-4)25(17-22)37-3/h5-18H,19H2,1-4H3,(H,31,35). The number of allylic oxidation sites excluding steroid dienone is 1. The number of hydrogen-bond acceptors (Lipinski definition) is 8. The summed E-state index contributed by atoms with van der Waals surface area (Å²) < 4.78 is 18.4. The number of hydrazone groups is 1. The predicted octanol–water partition coefficient (Wildman–Crippen LogP) is 5.26. The summed E-state index contributed by atoms with van der Waals surface area (Å²) in [4.78, 5) is 12.5. The SMILES string of the molecule is COc1cc(-c2nnc(SCC(=O)NN=CC(C)=Cc3ccccc3)n2-c2ccccc2)cc(OC)c1OC. The average molecular weight is 544 g/mol. The molecule has 39 heavy (non-hydrogen) atoms. The first-order valence-electron chi connectivity index (χ1n) is 12.0. The Bertz CT molecular complexity index is 1440. The van der Waals surface area contributed by atoms with Gasteiger partial charge in [-0.05, 0) is 42.3 Å². The van der Waals surface area contributed by atoms with E-state index in [0.29, 0.717) is 33.8 Å². The average Bonchev–Trinajstić information content (AvgIpc) is 3.40. The van der Waals surface area contributed by atoms with Crippen LogP contribution < -0.4 is 19.6 Å². The van der Waals surface area contributed by atoms with Gasteiger partial charge in [-0.3, -0.25) is 9.36 Å². The van der Waals surface area contributed by atoms with Crippen molar-refractivity contribution < 1.29 is 19.0 Å². The molecule has 0 spiro atoms. The largest absolute Gasteiger partial charge is 0.493 e. The minimum Gasteiger partial charge on any atom is -0.493 e. The highest BCUT2D eigenvalue weighted by Gasteiger charge is 2.21. The number of carbonyl (C=O) groups is 1. The molecule has 9 nitrogen and oxygen atoms in total. The second-order valence-electron chi connectivity index (χ2n) is 8.27. The smallest absolute Gasteiger partial charge is 0.250 e. The molecule has 0 saturated carbocycles. The minimum atomic E-state index is -0.263. The van der Waals surface area contributed by atoms with Crippen LogP contribution in [0.2, 0.25) is 0 Å². The van der Waals surface area contributed by atoms with Crippen LogP contribution in [0.3, 0.4) is 0 Å². The highest BCUT2D eigenvalue weighted by Crippen LogP contribution is 2.41. The third kappa shape index (κ3) is 6.85. The fourth-order valence-electron chi connectivity index (χ4n) is 3.79. The number of benzene rings is 3. The number of amides is 1. The van der Waals surface area contributed by atoms with E-state index in [1.165, 1.54) is 11.8 Å². The van der Waals surface area contributed by atoms with Gasteiger partial charge in [0.1, 0.15) is 0 Å². The molecule has 0 unspecified atom stereocenters. The topological polar surface area (TPSA) is 99.9 Å². The van der Waals surface area contributed by atoms with Crippen LogP contribution in [0.4, 0.5) is 0 Å². The van der Waals surface area contributed by atoms with Gasteiger partial charge in [0, 0.05) is 11.3 Å². The van der Waals surface area contributed by atoms with Gasteiger partial charge >= 0.3 is 0 Å². The number of carbonyl (C=O) groups excluding carboxylic acids is 1. The molecule has 0 aliphatic rings. The fraction of sp³-hybridized carbons (Fsp3) is 0.172. The van der Waals surface area contributed by atoms with E-state index in [4.69, 9.17) is 14.2 Å². The Morgan fingerprint density at radius 1 is 0.949 bits per heavy atom. The maximum absolute atomic E-state index is 12.5. The zero-order valence-electron chi connectivity index (χ0n) is 22.1. The van der Waals surface area contributed by atoms with Crippen LogP contribution in [0.5, 0.6) is 17.2 Å². The van der Waals surface area contributed by atoms with Crippen LogP contribution in [0.1, 0.15) is 12.5 Å². The second kappa shape index (κ2) is 13.3. The Kier molecular flexibility index (Phi) is 9.36. The minimum absolute atomic E-state index is 0.0962. The molecular formula is C29H29N5O4S. The highest BCUT2D eigenvalue weighted by molar-refractivity contribution is 7.99. The summed E-state index contributed by atoms with van der Waals surface area (Å²) in [6.07, 6.45) is 3.60. The molecule has 0 fully saturated rings. The van der Waals surface area contributed by atoms with Gasteiger partial charge in [-0.2, -0.15) is 5.10 Å². The maximum atomic E-state index is 12.5. The zero-order valence-corrected chi connectivity index (χ0v) is 22.9. The van der Waals surface area contributed by atoms with E-state index in [1.54, 1.807) is 27.5 Å². The molecule has 0 saturated heterocycles. The van der Waals surface area contributed by atoms with Gasteiger partial charge in [-0.25, -0.2) is 5.43 Å². The van der Waals surface area contributed by atoms with E-state index < -0.39 is 0 Å². The van der Waals surface area contributed by atoms with E-state index in [0.717, 1.165) is 16.8 Å². The molecule has 1 aromatic heterocycles. The van der Waals surface area contributed by atoms with Crippen molar-refractivity contribution in [1.82, 2.24) is 20.2 Å². The number of methoxy groups -OCH3 is 3. The molecule has 0 bridgehead atoms. The highest BCUT2D eigenvalue weighted by atomic mass is 32.2.